The van der Waals surface area contributed by atoms with Crippen molar-refractivity contribution in [1.82, 2.24) is 0 Å². The molecule has 0 bridgehead atoms. The van der Waals surface area contributed by atoms with Crippen LogP contribution in [0.4, 0.5) is 11.4 Å². The standard InChI is InChI=1S/C20H24N2O5/c1-11-6-7-13(8-14(11)22-19(26)20(3,4)5)21-18(25)17-12(2)10-27-15(17)9-16(23)24/h6-8,10H,9H2,1-5H3,(H,21,25)(H,22,26)(H,23,24). The highest BCUT2D eigenvalue weighted by atomic mass is 16.4. The molecule has 7 nitrogen and oxygen atoms in total. The van der Waals surface area contributed by atoms with E-state index < -0.39 is 17.3 Å². The molecular formula is C20H24N2O5. The summed E-state index contributed by atoms with van der Waals surface area (Å²) < 4.78 is 5.20. The van der Waals surface area contributed by atoms with E-state index in [1.54, 1.807) is 25.1 Å². The molecule has 0 aliphatic carbocycles. The topological polar surface area (TPSA) is 109 Å². The lowest BCUT2D eigenvalue weighted by Gasteiger charge is -2.19. The Morgan fingerprint density at radius 2 is 1.74 bits per heavy atom. The number of carboxylic acids is 1. The Morgan fingerprint density at radius 3 is 2.33 bits per heavy atom. The first-order valence-electron chi connectivity index (χ1n) is 8.51. The summed E-state index contributed by atoms with van der Waals surface area (Å²) in [5.74, 6) is -1.58. The maximum absolute atomic E-state index is 12.6. The maximum Gasteiger partial charge on any atom is 0.311 e. The van der Waals surface area contributed by atoms with Crippen LogP contribution in [0, 0.1) is 19.3 Å². The van der Waals surface area contributed by atoms with E-state index in [4.69, 9.17) is 9.52 Å². The van der Waals surface area contributed by atoms with E-state index >= 15 is 0 Å². The fraction of sp³-hybridized carbons (Fsp3) is 0.350. The molecule has 1 aromatic heterocycles. The Kier molecular flexibility index (Phi) is 5.73. The second-order valence-corrected chi connectivity index (χ2v) is 7.48. The molecule has 1 aromatic carbocycles. The summed E-state index contributed by atoms with van der Waals surface area (Å²) in [7, 11) is 0. The van der Waals surface area contributed by atoms with Gasteiger partial charge in [-0.15, -0.1) is 0 Å². The van der Waals surface area contributed by atoms with Gasteiger partial charge in [-0.3, -0.25) is 14.4 Å². The van der Waals surface area contributed by atoms with Crippen LogP contribution in [0.15, 0.2) is 28.9 Å². The SMILES string of the molecule is Cc1ccc(NC(=O)c2c(C)coc2CC(=O)O)cc1NC(=O)C(C)(C)C. The van der Waals surface area contributed by atoms with Gasteiger partial charge in [-0.25, -0.2) is 0 Å². The third kappa shape index (κ3) is 4.97. The van der Waals surface area contributed by atoms with Gasteiger partial charge in [0.05, 0.1) is 11.8 Å². The Bertz CT molecular complexity index is 890. The molecule has 144 valence electrons. The van der Waals surface area contributed by atoms with Gasteiger partial charge < -0.3 is 20.2 Å². The van der Waals surface area contributed by atoms with Gasteiger partial charge in [-0.2, -0.15) is 0 Å². The molecule has 2 rings (SSSR count). The first-order valence-corrected chi connectivity index (χ1v) is 8.51. The van der Waals surface area contributed by atoms with E-state index in [0.29, 0.717) is 16.9 Å². The first kappa shape index (κ1) is 20.2. The number of amides is 2. The van der Waals surface area contributed by atoms with Gasteiger partial charge in [-0.05, 0) is 31.5 Å². The molecular weight excluding hydrogens is 348 g/mol. The average molecular weight is 372 g/mol. The fourth-order valence-corrected chi connectivity index (χ4v) is 2.41. The number of furan rings is 1. The number of carbonyl (C=O) groups is 3. The normalized spacial score (nSPS) is 11.1. The summed E-state index contributed by atoms with van der Waals surface area (Å²) in [4.78, 5) is 35.8. The smallest absolute Gasteiger partial charge is 0.311 e. The highest BCUT2D eigenvalue weighted by Gasteiger charge is 2.23. The lowest BCUT2D eigenvalue weighted by Crippen LogP contribution is -2.28. The minimum atomic E-state index is -1.08. The van der Waals surface area contributed by atoms with Gasteiger partial charge in [0, 0.05) is 22.4 Å². The largest absolute Gasteiger partial charge is 0.481 e. The second kappa shape index (κ2) is 7.65. The molecule has 0 saturated heterocycles. The fourth-order valence-electron chi connectivity index (χ4n) is 2.41. The van der Waals surface area contributed by atoms with Crippen molar-refractivity contribution >= 4 is 29.2 Å². The van der Waals surface area contributed by atoms with Gasteiger partial charge in [-0.1, -0.05) is 26.8 Å². The molecule has 27 heavy (non-hydrogen) atoms. The van der Waals surface area contributed by atoms with E-state index in [2.05, 4.69) is 10.6 Å². The van der Waals surface area contributed by atoms with Crippen LogP contribution in [0.25, 0.3) is 0 Å². The molecule has 0 radical (unpaired) electrons. The minimum absolute atomic E-state index is 0.103. The van der Waals surface area contributed by atoms with Crippen LogP contribution in [0.2, 0.25) is 0 Å². The van der Waals surface area contributed by atoms with E-state index in [1.807, 2.05) is 27.7 Å². The van der Waals surface area contributed by atoms with Gasteiger partial charge in [0.2, 0.25) is 5.91 Å². The van der Waals surface area contributed by atoms with Crippen LogP contribution in [0.5, 0.6) is 0 Å². The number of hydrogen-bond acceptors (Lipinski definition) is 4. The number of aliphatic carboxylic acids is 1. The maximum atomic E-state index is 12.6. The molecule has 0 atom stereocenters. The van der Waals surface area contributed by atoms with E-state index in [0.717, 1.165) is 5.56 Å². The molecule has 2 aromatic rings. The summed E-state index contributed by atoms with van der Waals surface area (Å²) in [5.41, 5.74) is 2.15. The molecule has 1 heterocycles. The van der Waals surface area contributed by atoms with E-state index in [1.165, 1.54) is 6.26 Å². The summed E-state index contributed by atoms with van der Waals surface area (Å²) in [6, 6.07) is 5.17. The van der Waals surface area contributed by atoms with Crippen LogP contribution in [0.1, 0.15) is 48.0 Å². The third-order valence-electron chi connectivity index (χ3n) is 4.01. The van der Waals surface area contributed by atoms with Crippen molar-refractivity contribution < 1.29 is 23.9 Å². The molecule has 7 heteroatoms. The third-order valence-corrected chi connectivity index (χ3v) is 4.01. The molecule has 0 saturated carbocycles. The summed E-state index contributed by atoms with van der Waals surface area (Å²) in [6.07, 6.45) is 0.981. The predicted molar refractivity (Wildman–Crippen MR) is 102 cm³/mol. The average Bonchev–Trinajstić information content (AvgIpc) is 2.89. The molecule has 0 spiro atoms. The zero-order valence-corrected chi connectivity index (χ0v) is 16.1. The highest BCUT2D eigenvalue weighted by molar-refractivity contribution is 6.07. The van der Waals surface area contributed by atoms with Gasteiger partial charge in [0.25, 0.3) is 5.91 Å². The van der Waals surface area contributed by atoms with Gasteiger partial charge in [0.15, 0.2) is 0 Å². The van der Waals surface area contributed by atoms with Crippen molar-refractivity contribution in [3.05, 3.63) is 46.9 Å². The molecule has 2 amide bonds. The van der Waals surface area contributed by atoms with E-state index in [9.17, 15) is 14.4 Å². The van der Waals surface area contributed by atoms with Crippen LogP contribution in [0.3, 0.4) is 0 Å². The summed E-state index contributed by atoms with van der Waals surface area (Å²) >= 11 is 0. The second-order valence-electron chi connectivity index (χ2n) is 7.48. The lowest BCUT2D eigenvalue weighted by molar-refractivity contribution is -0.136. The Labute approximate surface area is 157 Å². The van der Waals surface area contributed by atoms with Crippen LogP contribution >= 0.6 is 0 Å². The monoisotopic (exact) mass is 372 g/mol. The first-order chi connectivity index (χ1) is 12.5. The quantitative estimate of drug-likeness (QED) is 0.740. The lowest BCUT2D eigenvalue weighted by atomic mass is 9.95. The molecule has 0 unspecified atom stereocenters. The predicted octanol–water partition coefficient (Wildman–Crippen LogP) is 3.76. The number of carboxylic acid groups (broad SMARTS) is 1. The van der Waals surface area contributed by atoms with Crippen molar-refractivity contribution in [1.29, 1.82) is 0 Å². The van der Waals surface area contributed by atoms with Crippen LogP contribution in [-0.2, 0) is 16.0 Å². The zero-order chi connectivity index (χ0) is 20.4. The number of aryl methyl sites for hydroxylation is 2. The van der Waals surface area contributed by atoms with Crippen molar-refractivity contribution in [2.45, 2.75) is 41.0 Å². The molecule has 0 aliphatic rings. The van der Waals surface area contributed by atoms with Crippen molar-refractivity contribution in [3.63, 3.8) is 0 Å². The Hall–Kier alpha value is -3.09. The summed E-state index contributed by atoms with van der Waals surface area (Å²) in [5, 5.41) is 14.6. The number of carbonyl (C=O) groups excluding carboxylic acids is 2. The highest BCUT2D eigenvalue weighted by Crippen LogP contribution is 2.25. The number of nitrogens with one attached hydrogen (secondary N) is 2. The molecule has 0 aliphatic heterocycles. The van der Waals surface area contributed by atoms with Gasteiger partial charge >= 0.3 is 5.97 Å². The number of benzene rings is 1. The van der Waals surface area contributed by atoms with Crippen LogP contribution in [-0.4, -0.2) is 22.9 Å². The Morgan fingerprint density at radius 1 is 1.07 bits per heavy atom. The minimum Gasteiger partial charge on any atom is -0.481 e. The van der Waals surface area contributed by atoms with Gasteiger partial charge in [0.1, 0.15) is 12.2 Å². The van der Waals surface area contributed by atoms with Crippen LogP contribution < -0.4 is 10.6 Å². The molecule has 3 N–H and O–H groups in total. The van der Waals surface area contributed by atoms with Crippen molar-refractivity contribution in [2.24, 2.45) is 5.41 Å². The zero-order valence-electron chi connectivity index (χ0n) is 16.1. The van der Waals surface area contributed by atoms with Crippen molar-refractivity contribution in [3.8, 4) is 0 Å². The number of hydrogen-bond donors (Lipinski definition) is 3. The number of anilines is 2. The van der Waals surface area contributed by atoms with E-state index in [-0.39, 0.29) is 23.7 Å². The summed E-state index contributed by atoms with van der Waals surface area (Å²) in [6.45, 7) is 8.97. The number of rotatable bonds is 5. The van der Waals surface area contributed by atoms with Crippen molar-refractivity contribution in [2.75, 3.05) is 10.6 Å². The Balaban J connectivity index is 2.25. The molecule has 0 fully saturated rings.